The Kier molecular flexibility index (Phi) is 5.14. The van der Waals surface area contributed by atoms with E-state index < -0.39 is 0 Å². The van der Waals surface area contributed by atoms with Crippen molar-refractivity contribution in [2.24, 2.45) is 5.84 Å². The number of nitrogens with one attached hydrogen (secondary N) is 1. The van der Waals surface area contributed by atoms with Crippen molar-refractivity contribution < 1.29 is 4.79 Å². The number of hydrogen-bond acceptors (Lipinski definition) is 5. The Morgan fingerprint density at radius 2 is 2.24 bits per heavy atom. The summed E-state index contributed by atoms with van der Waals surface area (Å²) >= 11 is 0. The highest BCUT2D eigenvalue weighted by atomic mass is 16.2. The van der Waals surface area contributed by atoms with Gasteiger partial charge >= 0.3 is 0 Å². The summed E-state index contributed by atoms with van der Waals surface area (Å²) in [7, 11) is 2.11. The molecule has 1 amide bonds. The number of carbonyl (C=O) groups is 1. The van der Waals surface area contributed by atoms with Crippen LogP contribution in [0.1, 0.15) is 35.8 Å². The third kappa shape index (κ3) is 3.71. The van der Waals surface area contributed by atoms with Crippen molar-refractivity contribution in [2.75, 3.05) is 32.1 Å². The van der Waals surface area contributed by atoms with Gasteiger partial charge in [-0.2, -0.15) is 0 Å². The second-order valence-corrected chi connectivity index (χ2v) is 5.70. The molecule has 0 bridgehead atoms. The lowest BCUT2D eigenvalue weighted by Crippen LogP contribution is -2.43. The van der Waals surface area contributed by atoms with Crippen molar-refractivity contribution in [3.05, 3.63) is 23.4 Å². The number of likely N-dealkylation sites (N-methyl/N-ethyl adjacent to an activating group) is 1. The molecule has 2 heterocycles. The fourth-order valence-electron chi connectivity index (χ4n) is 2.89. The normalized spacial score (nSPS) is 20.2. The van der Waals surface area contributed by atoms with Crippen LogP contribution in [-0.4, -0.2) is 53.4 Å². The first-order chi connectivity index (χ1) is 10.0. The molecular weight excluding hydrogens is 266 g/mol. The predicted molar refractivity (Wildman–Crippen MR) is 84.0 cm³/mol. The third-order valence-electron chi connectivity index (χ3n) is 3.98. The molecule has 21 heavy (non-hydrogen) atoms. The lowest BCUT2D eigenvalue weighted by Gasteiger charge is -2.30. The molecule has 1 unspecified atom stereocenters. The minimum absolute atomic E-state index is 0.0687. The van der Waals surface area contributed by atoms with Crippen LogP contribution in [0.3, 0.4) is 0 Å². The third-order valence-corrected chi connectivity index (χ3v) is 3.98. The molecule has 0 spiro atoms. The van der Waals surface area contributed by atoms with Crippen LogP contribution < -0.4 is 11.3 Å². The molecule has 1 saturated heterocycles. The van der Waals surface area contributed by atoms with Gasteiger partial charge in [-0.15, -0.1) is 0 Å². The van der Waals surface area contributed by atoms with E-state index in [9.17, 15) is 4.79 Å². The summed E-state index contributed by atoms with van der Waals surface area (Å²) in [5.41, 5.74) is 3.96. The Balaban J connectivity index is 2.26. The van der Waals surface area contributed by atoms with E-state index in [4.69, 9.17) is 5.84 Å². The molecule has 1 aromatic heterocycles. The first-order valence-corrected chi connectivity index (χ1v) is 7.50. The van der Waals surface area contributed by atoms with Crippen molar-refractivity contribution in [3.8, 4) is 0 Å². The molecule has 1 fully saturated rings. The van der Waals surface area contributed by atoms with Crippen LogP contribution in [0, 0.1) is 6.92 Å². The summed E-state index contributed by atoms with van der Waals surface area (Å²) in [5, 5.41) is 0. The zero-order valence-corrected chi connectivity index (χ0v) is 13.1. The van der Waals surface area contributed by atoms with Crippen LogP contribution >= 0.6 is 0 Å². The number of pyridine rings is 1. The lowest BCUT2D eigenvalue weighted by atomic mass is 10.1. The molecule has 2 rings (SSSR count). The smallest absolute Gasteiger partial charge is 0.254 e. The second-order valence-electron chi connectivity index (χ2n) is 5.70. The summed E-state index contributed by atoms with van der Waals surface area (Å²) in [6, 6.07) is 3.80. The maximum Gasteiger partial charge on any atom is 0.254 e. The highest BCUT2D eigenvalue weighted by molar-refractivity contribution is 5.95. The number of amides is 1. The Bertz CT molecular complexity index is 505. The molecule has 0 aromatic carbocycles. The summed E-state index contributed by atoms with van der Waals surface area (Å²) in [6.07, 6.45) is 1.97. The maximum atomic E-state index is 12.9. The topological polar surface area (TPSA) is 74.5 Å². The quantitative estimate of drug-likeness (QED) is 0.647. The molecule has 6 heteroatoms. The molecule has 1 aliphatic rings. The molecule has 0 radical (unpaired) electrons. The molecule has 3 N–H and O–H groups in total. The van der Waals surface area contributed by atoms with E-state index >= 15 is 0 Å². The number of anilines is 1. The molecule has 1 atom stereocenters. The number of hydrazine groups is 1. The Hall–Kier alpha value is -1.66. The van der Waals surface area contributed by atoms with Gasteiger partial charge in [-0.3, -0.25) is 4.79 Å². The van der Waals surface area contributed by atoms with E-state index in [1.54, 1.807) is 6.07 Å². The molecular formula is C15H25N5O. The van der Waals surface area contributed by atoms with Crippen LogP contribution in [0.4, 0.5) is 5.82 Å². The van der Waals surface area contributed by atoms with Crippen LogP contribution in [0.2, 0.25) is 0 Å². The van der Waals surface area contributed by atoms with E-state index in [0.29, 0.717) is 11.4 Å². The SMILES string of the molecule is CCC1CN(C)CCCN1C(=O)c1cc(C)nc(NN)c1. The van der Waals surface area contributed by atoms with Gasteiger partial charge in [-0.05, 0) is 45.5 Å². The fourth-order valence-corrected chi connectivity index (χ4v) is 2.89. The number of aromatic nitrogens is 1. The van der Waals surface area contributed by atoms with Gasteiger partial charge in [0.05, 0.1) is 0 Å². The number of nitrogen functional groups attached to an aromatic ring is 1. The Morgan fingerprint density at radius 1 is 1.48 bits per heavy atom. The van der Waals surface area contributed by atoms with Gasteiger partial charge in [0.2, 0.25) is 0 Å². The summed E-state index contributed by atoms with van der Waals surface area (Å²) < 4.78 is 0. The lowest BCUT2D eigenvalue weighted by molar-refractivity contribution is 0.0675. The number of carbonyl (C=O) groups excluding carboxylic acids is 1. The molecule has 0 saturated carbocycles. The summed E-state index contributed by atoms with van der Waals surface area (Å²) in [5.74, 6) is 6.01. The minimum Gasteiger partial charge on any atom is -0.334 e. The Morgan fingerprint density at radius 3 is 2.90 bits per heavy atom. The van der Waals surface area contributed by atoms with E-state index in [-0.39, 0.29) is 11.9 Å². The number of aryl methyl sites for hydroxylation is 1. The number of rotatable bonds is 3. The Labute approximate surface area is 126 Å². The van der Waals surface area contributed by atoms with Gasteiger partial charge in [0, 0.05) is 30.4 Å². The van der Waals surface area contributed by atoms with Crippen molar-refractivity contribution in [1.82, 2.24) is 14.8 Å². The highest BCUT2D eigenvalue weighted by Gasteiger charge is 2.27. The molecule has 116 valence electrons. The van der Waals surface area contributed by atoms with Gasteiger partial charge in [-0.25, -0.2) is 10.8 Å². The van der Waals surface area contributed by atoms with E-state index in [0.717, 1.165) is 38.2 Å². The average Bonchev–Trinajstić information content (AvgIpc) is 2.66. The van der Waals surface area contributed by atoms with Crippen molar-refractivity contribution >= 4 is 11.7 Å². The zero-order valence-electron chi connectivity index (χ0n) is 13.1. The van der Waals surface area contributed by atoms with Gasteiger partial charge in [0.15, 0.2) is 0 Å². The van der Waals surface area contributed by atoms with Gasteiger partial charge in [0.25, 0.3) is 5.91 Å². The standard InChI is InChI=1S/C15H25N5O/c1-4-13-10-19(3)6-5-7-20(13)15(21)12-8-11(2)17-14(9-12)18-16/h8-9,13H,4-7,10,16H2,1-3H3,(H,17,18). The zero-order chi connectivity index (χ0) is 15.4. The van der Waals surface area contributed by atoms with Crippen molar-refractivity contribution in [2.45, 2.75) is 32.7 Å². The van der Waals surface area contributed by atoms with E-state index in [1.807, 2.05) is 17.9 Å². The van der Waals surface area contributed by atoms with Crippen LogP contribution in [0.25, 0.3) is 0 Å². The monoisotopic (exact) mass is 291 g/mol. The first kappa shape index (κ1) is 15.7. The number of hydrogen-bond donors (Lipinski definition) is 2. The van der Waals surface area contributed by atoms with Gasteiger partial charge < -0.3 is 15.2 Å². The van der Waals surface area contributed by atoms with E-state index in [2.05, 4.69) is 29.3 Å². The average molecular weight is 291 g/mol. The second kappa shape index (κ2) is 6.87. The maximum absolute atomic E-state index is 12.9. The number of nitrogens with two attached hydrogens (primary N) is 1. The molecule has 6 nitrogen and oxygen atoms in total. The minimum atomic E-state index is 0.0687. The largest absolute Gasteiger partial charge is 0.334 e. The van der Waals surface area contributed by atoms with Gasteiger partial charge in [-0.1, -0.05) is 6.92 Å². The van der Waals surface area contributed by atoms with Crippen LogP contribution in [0.5, 0.6) is 0 Å². The highest BCUT2D eigenvalue weighted by Crippen LogP contribution is 2.18. The summed E-state index contributed by atoms with van der Waals surface area (Å²) in [6.45, 7) is 6.76. The van der Waals surface area contributed by atoms with Crippen molar-refractivity contribution in [3.63, 3.8) is 0 Å². The molecule has 1 aromatic rings. The van der Waals surface area contributed by atoms with Crippen LogP contribution in [0.15, 0.2) is 12.1 Å². The van der Waals surface area contributed by atoms with E-state index in [1.165, 1.54) is 0 Å². The fraction of sp³-hybridized carbons (Fsp3) is 0.600. The van der Waals surface area contributed by atoms with Crippen molar-refractivity contribution in [1.29, 1.82) is 0 Å². The van der Waals surface area contributed by atoms with Gasteiger partial charge in [0.1, 0.15) is 5.82 Å². The predicted octanol–water partition coefficient (Wildman–Crippen LogP) is 1.23. The molecule has 0 aliphatic carbocycles. The summed E-state index contributed by atoms with van der Waals surface area (Å²) in [4.78, 5) is 21.4. The van der Waals surface area contributed by atoms with Crippen LogP contribution in [-0.2, 0) is 0 Å². The number of nitrogens with zero attached hydrogens (tertiary/aromatic N) is 3. The molecule has 1 aliphatic heterocycles. The first-order valence-electron chi connectivity index (χ1n) is 7.50.